The SMILES string of the molecule is Cl.NC(N)=NCc1nnn(C[C@H]2N[C@H](CO)[C@@H](O)[C@@H]2O)c1-c1ccccn1. The summed E-state index contributed by atoms with van der Waals surface area (Å²) >= 11 is 0. The van der Waals surface area contributed by atoms with Crippen LogP contribution in [0.25, 0.3) is 11.4 Å². The molecular formula is C15H23ClN8O3. The van der Waals surface area contributed by atoms with E-state index in [1.54, 1.807) is 23.0 Å². The molecule has 1 fully saturated rings. The molecule has 0 unspecified atom stereocenters. The molecule has 2 aromatic heterocycles. The van der Waals surface area contributed by atoms with Gasteiger partial charge in [-0.05, 0) is 12.1 Å². The number of hydrogen-bond acceptors (Lipinski definition) is 8. The van der Waals surface area contributed by atoms with E-state index in [-0.39, 0.29) is 38.1 Å². The summed E-state index contributed by atoms with van der Waals surface area (Å²) in [5.74, 6) is -0.0617. The van der Waals surface area contributed by atoms with Gasteiger partial charge in [-0.3, -0.25) is 4.98 Å². The van der Waals surface area contributed by atoms with E-state index in [4.69, 9.17) is 11.5 Å². The van der Waals surface area contributed by atoms with Gasteiger partial charge in [0.15, 0.2) is 5.96 Å². The van der Waals surface area contributed by atoms with Gasteiger partial charge in [0.1, 0.15) is 11.4 Å². The van der Waals surface area contributed by atoms with Crippen LogP contribution in [0.2, 0.25) is 0 Å². The number of aliphatic imine (C=N–C) groups is 1. The zero-order valence-electron chi connectivity index (χ0n) is 14.4. The number of nitrogens with two attached hydrogens (primary N) is 2. The van der Waals surface area contributed by atoms with Crippen molar-refractivity contribution in [2.24, 2.45) is 16.5 Å². The molecule has 3 heterocycles. The number of nitrogens with one attached hydrogen (secondary N) is 1. The van der Waals surface area contributed by atoms with Gasteiger partial charge in [-0.1, -0.05) is 11.3 Å². The highest BCUT2D eigenvalue weighted by atomic mass is 35.5. The lowest BCUT2D eigenvalue weighted by Crippen LogP contribution is -2.38. The molecular weight excluding hydrogens is 376 g/mol. The highest BCUT2D eigenvalue weighted by molar-refractivity contribution is 5.85. The Morgan fingerprint density at radius 3 is 2.56 bits per heavy atom. The normalized spacial score (nSPS) is 24.4. The summed E-state index contributed by atoms with van der Waals surface area (Å²) in [7, 11) is 0. The number of pyridine rings is 1. The van der Waals surface area contributed by atoms with Gasteiger partial charge in [-0.25, -0.2) is 9.67 Å². The van der Waals surface area contributed by atoms with Crippen molar-refractivity contribution in [3.8, 4) is 11.4 Å². The molecule has 1 aliphatic rings. The van der Waals surface area contributed by atoms with Crippen LogP contribution in [0.3, 0.4) is 0 Å². The zero-order chi connectivity index (χ0) is 18.7. The molecule has 0 amide bonds. The van der Waals surface area contributed by atoms with Gasteiger partial charge in [-0.15, -0.1) is 17.5 Å². The van der Waals surface area contributed by atoms with Crippen LogP contribution in [-0.2, 0) is 13.1 Å². The van der Waals surface area contributed by atoms with Crippen LogP contribution in [0.4, 0.5) is 0 Å². The Hall–Kier alpha value is -2.31. The quantitative estimate of drug-likeness (QED) is 0.228. The third kappa shape index (κ3) is 4.51. The zero-order valence-corrected chi connectivity index (χ0v) is 15.2. The molecule has 148 valence electrons. The molecule has 0 bridgehead atoms. The molecule has 4 atom stereocenters. The van der Waals surface area contributed by atoms with Crippen molar-refractivity contribution >= 4 is 18.4 Å². The molecule has 8 N–H and O–H groups in total. The van der Waals surface area contributed by atoms with Gasteiger partial charge in [-0.2, -0.15) is 0 Å². The minimum atomic E-state index is -1.06. The monoisotopic (exact) mass is 398 g/mol. The Bertz CT molecular complexity index is 768. The molecule has 1 aliphatic heterocycles. The molecule has 3 rings (SSSR count). The number of guanidine groups is 1. The second kappa shape index (κ2) is 9.06. The largest absolute Gasteiger partial charge is 0.395 e. The molecule has 0 aromatic carbocycles. The minimum absolute atomic E-state index is 0. The van der Waals surface area contributed by atoms with E-state index in [1.165, 1.54) is 0 Å². The average Bonchev–Trinajstić information content (AvgIpc) is 3.16. The summed E-state index contributed by atoms with van der Waals surface area (Å²) in [5.41, 5.74) is 12.6. The van der Waals surface area contributed by atoms with Crippen LogP contribution < -0.4 is 16.8 Å². The van der Waals surface area contributed by atoms with Crippen molar-refractivity contribution < 1.29 is 15.3 Å². The second-order valence-electron chi connectivity index (χ2n) is 6.07. The highest BCUT2D eigenvalue weighted by Gasteiger charge is 2.41. The first kappa shape index (κ1) is 21.0. The van der Waals surface area contributed by atoms with E-state index in [0.717, 1.165) is 0 Å². The number of aliphatic hydroxyl groups is 3. The maximum Gasteiger partial charge on any atom is 0.186 e. The molecule has 0 radical (unpaired) electrons. The summed E-state index contributed by atoms with van der Waals surface area (Å²) in [4.78, 5) is 8.29. The molecule has 0 aliphatic carbocycles. The fourth-order valence-electron chi connectivity index (χ4n) is 2.99. The van der Waals surface area contributed by atoms with Crippen LogP contribution >= 0.6 is 12.4 Å². The van der Waals surface area contributed by atoms with Crippen LogP contribution in [0, 0.1) is 0 Å². The number of aromatic nitrogens is 4. The molecule has 27 heavy (non-hydrogen) atoms. The van der Waals surface area contributed by atoms with Crippen molar-refractivity contribution in [2.45, 2.75) is 37.4 Å². The maximum atomic E-state index is 10.2. The highest BCUT2D eigenvalue weighted by Crippen LogP contribution is 2.23. The lowest BCUT2D eigenvalue weighted by molar-refractivity contribution is 0.0176. The van der Waals surface area contributed by atoms with Gasteiger partial charge < -0.3 is 32.1 Å². The maximum absolute atomic E-state index is 10.2. The molecule has 0 saturated carbocycles. The van der Waals surface area contributed by atoms with Crippen molar-refractivity contribution in [3.05, 3.63) is 30.1 Å². The number of rotatable bonds is 6. The lowest BCUT2D eigenvalue weighted by Gasteiger charge is -2.17. The Kier molecular flexibility index (Phi) is 7.05. The van der Waals surface area contributed by atoms with Gasteiger partial charge in [0, 0.05) is 6.20 Å². The van der Waals surface area contributed by atoms with Crippen molar-refractivity contribution in [1.82, 2.24) is 25.3 Å². The summed E-state index contributed by atoms with van der Waals surface area (Å²) < 4.78 is 1.58. The fraction of sp³-hybridized carbons (Fsp3) is 0.467. The summed E-state index contributed by atoms with van der Waals surface area (Å²) in [6.07, 6.45) is -0.465. The first-order chi connectivity index (χ1) is 12.5. The van der Waals surface area contributed by atoms with Gasteiger partial charge in [0.25, 0.3) is 0 Å². The van der Waals surface area contributed by atoms with E-state index in [2.05, 4.69) is 25.6 Å². The van der Waals surface area contributed by atoms with E-state index < -0.39 is 24.3 Å². The molecule has 11 nitrogen and oxygen atoms in total. The van der Waals surface area contributed by atoms with Crippen LogP contribution in [0.1, 0.15) is 5.69 Å². The Balaban J connectivity index is 0.00000261. The predicted molar refractivity (Wildman–Crippen MR) is 99.8 cm³/mol. The predicted octanol–water partition coefficient (Wildman–Crippen LogP) is -2.41. The van der Waals surface area contributed by atoms with E-state index in [0.29, 0.717) is 17.1 Å². The standard InChI is InChI=1S/C15H22N8O3.ClH/c16-15(17)19-5-9-12(8-3-1-2-4-18-8)23(22-21-9)6-10-13(25)14(26)11(7-24)20-10;/h1-4,10-11,13-14,20,24-26H,5-7H2,(H4,16,17,19);1H/t10-,11-,13-,14-;/m1./s1. The first-order valence-corrected chi connectivity index (χ1v) is 8.13. The van der Waals surface area contributed by atoms with Gasteiger partial charge in [0.05, 0.1) is 49.7 Å². The summed E-state index contributed by atoms with van der Waals surface area (Å²) in [5, 5.41) is 40.7. The molecule has 1 saturated heterocycles. The fourth-order valence-corrected chi connectivity index (χ4v) is 2.99. The van der Waals surface area contributed by atoms with Crippen molar-refractivity contribution in [3.63, 3.8) is 0 Å². The number of hydrogen-bond donors (Lipinski definition) is 6. The molecule has 0 spiro atoms. The molecule has 12 heteroatoms. The van der Waals surface area contributed by atoms with Gasteiger partial charge in [0.2, 0.25) is 0 Å². The van der Waals surface area contributed by atoms with Crippen LogP contribution in [-0.4, -0.2) is 72.2 Å². The average molecular weight is 399 g/mol. The Morgan fingerprint density at radius 2 is 1.96 bits per heavy atom. The van der Waals surface area contributed by atoms with E-state index >= 15 is 0 Å². The van der Waals surface area contributed by atoms with Crippen LogP contribution in [0.5, 0.6) is 0 Å². The first-order valence-electron chi connectivity index (χ1n) is 8.13. The lowest BCUT2D eigenvalue weighted by atomic mass is 10.1. The molecule has 2 aromatic rings. The topological polar surface area (TPSA) is 181 Å². The second-order valence-corrected chi connectivity index (χ2v) is 6.07. The summed E-state index contributed by atoms with van der Waals surface area (Å²) in [6.45, 7) is 0.0706. The van der Waals surface area contributed by atoms with Crippen LogP contribution in [0.15, 0.2) is 29.4 Å². The smallest absolute Gasteiger partial charge is 0.186 e. The third-order valence-corrected chi connectivity index (χ3v) is 4.29. The number of aliphatic hydroxyl groups excluding tert-OH is 3. The summed E-state index contributed by atoms with van der Waals surface area (Å²) in [6, 6.07) is 4.31. The van der Waals surface area contributed by atoms with Crippen molar-refractivity contribution in [2.75, 3.05) is 6.61 Å². The number of nitrogens with zero attached hydrogens (tertiary/aromatic N) is 5. The Labute approximate surface area is 161 Å². The van der Waals surface area contributed by atoms with Crippen molar-refractivity contribution in [1.29, 1.82) is 0 Å². The van der Waals surface area contributed by atoms with E-state index in [1.807, 2.05) is 6.07 Å². The van der Waals surface area contributed by atoms with Gasteiger partial charge >= 0.3 is 0 Å². The Morgan fingerprint density at radius 1 is 1.22 bits per heavy atom. The minimum Gasteiger partial charge on any atom is -0.395 e. The van der Waals surface area contributed by atoms with E-state index in [9.17, 15) is 15.3 Å². The third-order valence-electron chi connectivity index (χ3n) is 4.29. The number of halogens is 1.